The topological polar surface area (TPSA) is 66.9 Å². The smallest absolute Gasteiger partial charge is 0.343 e. The summed E-state index contributed by atoms with van der Waals surface area (Å²) in [4.78, 5) is 42.7. The lowest BCUT2D eigenvalue weighted by Gasteiger charge is -2.34. The van der Waals surface area contributed by atoms with E-state index in [1.54, 1.807) is 97.9 Å². The molecule has 4 aromatic carbocycles. The molecule has 8 heteroatoms. The van der Waals surface area contributed by atoms with Crippen LogP contribution in [0.5, 0.6) is 5.75 Å². The standard InChI is InChI=1S/C32H24ClFN2O4/c1-2-40-29-19-21(18-27(33)25(29)20-22-11-9-10-16-28(22)34)17-26-30(37)35(23-12-5-3-6-13-23)32(39)36(31(26)38)24-14-7-4-8-15-24/h3-19H,2,20H2,1H3. The fourth-order valence-electron chi connectivity index (χ4n) is 4.51. The number of halogens is 2. The van der Waals surface area contributed by atoms with E-state index in [4.69, 9.17) is 16.3 Å². The molecule has 1 aliphatic rings. The van der Waals surface area contributed by atoms with E-state index in [9.17, 15) is 18.8 Å². The molecular weight excluding hydrogens is 531 g/mol. The molecule has 1 heterocycles. The molecule has 4 amide bonds. The van der Waals surface area contributed by atoms with Gasteiger partial charge in [0.05, 0.1) is 18.0 Å². The number of hydrogen-bond donors (Lipinski definition) is 0. The molecule has 0 radical (unpaired) electrons. The summed E-state index contributed by atoms with van der Waals surface area (Å²) in [5, 5.41) is 0.285. The van der Waals surface area contributed by atoms with Crippen molar-refractivity contribution in [3.63, 3.8) is 0 Å². The number of hydrogen-bond acceptors (Lipinski definition) is 4. The fraction of sp³-hybridized carbons (Fsp3) is 0.0938. The third kappa shape index (κ3) is 5.24. The Morgan fingerprint density at radius 2 is 1.35 bits per heavy atom. The number of urea groups is 1. The summed E-state index contributed by atoms with van der Waals surface area (Å²) in [6.07, 6.45) is 1.58. The van der Waals surface area contributed by atoms with Gasteiger partial charge >= 0.3 is 6.03 Å². The maximum absolute atomic E-state index is 14.4. The Bertz CT molecular complexity index is 1560. The first-order chi connectivity index (χ1) is 19.4. The lowest BCUT2D eigenvalue weighted by atomic mass is 9.99. The maximum Gasteiger partial charge on any atom is 0.343 e. The normalized spacial score (nSPS) is 13.6. The van der Waals surface area contributed by atoms with Gasteiger partial charge in [0.2, 0.25) is 0 Å². The SMILES string of the molecule is CCOc1cc(C=C2C(=O)N(c3ccccc3)C(=O)N(c3ccccc3)C2=O)cc(Cl)c1Cc1ccccc1F. The van der Waals surface area contributed by atoms with Gasteiger partial charge in [-0.1, -0.05) is 66.2 Å². The van der Waals surface area contributed by atoms with Gasteiger partial charge in [-0.3, -0.25) is 9.59 Å². The van der Waals surface area contributed by atoms with Gasteiger partial charge in [-0.25, -0.2) is 19.0 Å². The molecule has 0 unspecified atom stereocenters. The minimum atomic E-state index is -0.780. The van der Waals surface area contributed by atoms with Crippen LogP contribution in [0.2, 0.25) is 5.02 Å². The van der Waals surface area contributed by atoms with Gasteiger partial charge in [0, 0.05) is 17.0 Å². The van der Waals surface area contributed by atoms with Crippen molar-refractivity contribution in [3.05, 3.63) is 130 Å². The highest BCUT2D eigenvalue weighted by molar-refractivity contribution is 6.46. The summed E-state index contributed by atoms with van der Waals surface area (Å²) in [7, 11) is 0. The number of amides is 4. The predicted molar refractivity (Wildman–Crippen MR) is 153 cm³/mol. The largest absolute Gasteiger partial charge is 0.494 e. The number of ether oxygens (including phenoxy) is 1. The van der Waals surface area contributed by atoms with Gasteiger partial charge in [-0.2, -0.15) is 0 Å². The van der Waals surface area contributed by atoms with Crippen molar-refractivity contribution in [3.8, 4) is 5.75 Å². The Morgan fingerprint density at radius 1 is 0.800 bits per heavy atom. The number of barbiturate groups is 1. The Kier molecular flexibility index (Phi) is 7.75. The van der Waals surface area contributed by atoms with Crippen LogP contribution in [0.4, 0.5) is 20.6 Å². The Labute approximate surface area is 235 Å². The van der Waals surface area contributed by atoms with Gasteiger partial charge in [0.15, 0.2) is 0 Å². The van der Waals surface area contributed by atoms with Crippen LogP contribution in [-0.4, -0.2) is 24.5 Å². The van der Waals surface area contributed by atoms with Gasteiger partial charge < -0.3 is 4.74 Å². The van der Waals surface area contributed by atoms with Crippen molar-refractivity contribution in [2.24, 2.45) is 0 Å². The summed E-state index contributed by atoms with van der Waals surface area (Å²) in [5.41, 5.74) is 1.86. The van der Waals surface area contributed by atoms with E-state index in [0.717, 1.165) is 9.80 Å². The molecule has 0 aliphatic carbocycles. The van der Waals surface area contributed by atoms with E-state index in [0.29, 0.717) is 40.4 Å². The summed E-state index contributed by atoms with van der Waals surface area (Å²) in [5.74, 6) is -1.50. The van der Waals surface area contributed by atoms with E-state index in [1.165, 1.54) is 12.1 Å². The van der Waals surface area contributed by atoms with Crippen LogP contribution in [0.15, 0.2) is 103 Å². The molecule has 1 aliphatic heterocycles. The molecular formula is C32H24ClFN2O4. The molecule has 0 atom stereocenters. The highest BCUT2D eigenvalue weighted by Crippen LogP contribution is 2.34. The molecule has 0 saturated carbocycles. The van der Waals surface area contributed by atoms with Crippen LogP contribution in [0.25, 0.3) is 6.08 Å². The molecule has 0 N–H and O–H groups in total. The van der Waals surface area contributed by atoms with Gasteiger partial charge in [0.1, 0.15) is 17.1 Å². The van der Waals surface area contributed by atoms with E-state index >= 15 is 0 Å². The van der Waals surface area contributed by atoms with Crippen molar-refractivity contribution < 1.29 is 23.5 Å². The first-order valence-corrected chi connectivity index (χ1v) is 13.0. The molecule has 0 aromatic heterocycles. The molecule has 1 saturated heterocycles. The number of benzene rings is 4. The number of imide groups is 2. The van der Waals surface area contributed by atoms with Gasteiger partial charge in [-0.15, -0.1) is 0 Å². The third-order valence-corrected chi connectivity index (χ3v) is 6.73. The Morgan fingerprint density at radius 3 is 1.90 bits per heavy atom. The lowest BCUT2D eigenvalue weighted by molar-refractivity contribution is -0.121. The number of anilines is 2. The number of carbonyl (C=O) groups is 3. The zero-order valence-corrected chi connectivity index (χ0v) is 22.3. The van der Waals surface area contributed by atoms with Gasteiger partial charge in [-0.05, 0) is 66.6 Å². The van der Waals surface area contributed by atoms with Crippen molar-refractivity contribution in [2.75, 3.05) is 16.4 Å². The first kappa shape index (κ1) is 26.8. The molecule has 0 spiro atoms. The molecule has 40 heavy (non-hydrogen) atoms. The maximum atomic E-state index is 14.4. The average molecular weight is 555 g/mol. The van der Waals surface area contributed by atoms with E-state index in [1.807, 2.05) is 0 Å². The van der Waals surface area contributed by atoms with E-state index < -0.39 is 17.8 Å². The van der Waals surface area contributed by atoms with Crippen molar-refractivity contribution in [2.45, 2.75) is 13.3 Å². The lowest BCUT2D eigenvalue weighted by Crippen LogP contribution is -2.57. The van der Waals surface area contributed by atoms with Crippen molar-refractivity contribution >= 4 is 46.9 Å². The van der Waals surface area contributed by atoms with Crippen LogP contribution in [-0.2, 0) is 16.0 Å². The van der Waals surface area contributed by atoms with Crippen LogP contribution in [0.1, 0.15) is 23.6 Å². The molecule has 5 rings (SSSR count). The fourth-order valence-corrected chi connectivity index (χ4v) is 4.79. The second kappa shape index (κ2) is 11.6. The predicted octanol–water partition coefficient (Wildman–Crippen LogP) is 7.05. The van der Waals surface area contributed by atoms with Crippen LogP contribution >= 0.6 is 11.6 Å². The van der Waals surface area contributed by atoms with Crippen LogP contribution < -0.4 is 14.5 Å². The van der Waals surface area contributed by atoms with Crippen molar-refractivity contribution in [1.82, 2.24) is 0 Å². The number of rotatable bonds is 7. The number of nitrogens with zero attached hydrogens (tertiary/aromatic N) is 2. The zero-order valence-electron chi connectivity index (χ0n) is 21.5. The van der Waals surface area contributed by atoms with Crippen LogP contribution in [0, 0.1) is 5.82 Å². The average Bonchev–Trinajstić information content (AvgIpc) is 2.95. The molecule has 4 aromatic rings. The minimum Gasteiger partial charge on any atom is -0.494 e. The first-order valence-electron chi connectivity index (χ1n) is 12.6. The number of carbonyl (C=O) groups excluding carboxylic acids is 3. The van der Waals surface area contributed by atoms with Crippen LogP contribution in [0.3, 0.4) is 0 Å². The summed E-state index contributed by atoms with van der Waals surface area (Å²) in [6.45, 7) is 2.12. The van der Waals surface area contributed by atoms with E-state index in [-0.39, 0.29) is 22.8 Å². The van der Waals surface area contributed by atoms with Gasteiger partial charge in [0.25, 0.3) is 11.8 Å². The Hall–Kier alpha value is -4.75. The second-order valence-corrected chi connectivity index (χ2v) is 9.38. The summed E-state index contributed by atoms with van der Waals surface area (Å²) in [6, 6.07) is 25.7. The highest BCUT2D eigenvalue weighted by Gasteiger charge is 2.43. The summed E-state index contributed by atoms with van der Waals surface area (Å²) >= 11 is 6.66. The summed E-state index contributed by atoms with van der Waals surface area (Å²) < 4.78 is 20.2. The zero-order chi connectivity index (χ0) is 28.2. The second-order valence-electron chi connectivity index (χ2n) is 8.97. The molecule has 1 fully saturated rings. The molecule has 200 valence electrons. The number of para-hydroxylation sites is 2. The Balaban J connectivity index is 1.61. The van der Waals surface area contributed by atoms with Crippen molar-refractivity contribution in [1.29, 1.82) is 0 Å². The molecule has 6 nitrogen and oxygen atoms in total. The quantitative estimate of drug-likeness (QED) is 0.181. The molecule has 0 bridgehead atoms. The monoisotopic (exact) mass is 554 g/mol. The van der Waals surface area contributed by atoms with E-state index in [2.05, 4.69) is 0 Å². The minimum absolute atomic E-state index is 0.188. The highest BCUT2D eigenvalue weighted by atomic mass is 35.5. The third-order valence-electron chi connectivity index (χ3n) is 6.39.